The van der Waals surface area contributed by atoms with Crippen molar-refractivity contribution in [1.82, 2.24) is 9.88 Å². The number of aliphatic hydroxyl groups is 1. The van der Waals surface area contributed by atoms with Crippen molar-refractivity contribution >= 4 is 28.6 Å². The number of ether oxygens (including phenoxy) is 2. The first-order chi connectivity index (χ1) is 17.4. The summed E-state index contributed by atoms with van der Waals surface area (Å²) in [5.41, 5.74) is 2.80. The van der Waals surface area contributed by atoms with Crippen molar-refractivity contribution < 1.29 is 23.8 Å². The highest BCUT2D eigenvalue weighted by molar-refractivity contribution is 6.32. The number of nitrogens with zero attached hydrogens (tertiary/aromatic N) is 3. The van der Waals surface area contributed by atoms with Gasteiger partial charge in [-0.1, -0.05) is 0 Å². The number of nitrogens with one attached hydrogen (secondary N) is 1. The molecule has 190 valence electrons. The lowest BCUT2D eigenvalue weighted by atomic mass is 9.92. The van der Waals surface area contributed by atoms with Crippen molar-refractivity contribution in [2.24, 2.45) is 0 Å². The number of anilines is 2. The number of hydrogen-bond acceptors (Lipinski definition) is 7. The van der Waals surface area contributed by atoms with Gasteiger partial charge in [-0.15, -0.1) is 0 Å². The average molecular weight is 495 g/mol. The number of hydrogen-bond donors (Lipinski definition) is 2. The molecule has 2 N–H and O–H groups in total. The van der Waals surface area contributed by atoms with Crippen molar-refractivity contribution in [2.75, 3.05) is 62.8 Å². The van der Waals surface area contributed by atoms with E-state index in [9.17, 15) is 9.18 Å². The molecule has 0 radical (unpaired) electrons. The number of piperazine rings is 1. The van der Waals surface area contributed by atoms with E-state index in [2.05, 4.69) is 26.2 Å². The molecule has 3 aliphatic rings. The summed E-state index contributed by atoms with van der Waals surface area (Å²) in [5, 5.41) is 11.6. The zero-order valence-corrected chi connectivity index (χ0v) is 20.6. The number of aromatic nitrogens is 1. The second-order valence-corrected chi connectivity index (χ2v) is 9.62. The van der Waals surface area contributed by atoms with E-state index in [1.54, 1.807) is 6.07 Å². The average Bonchev–Trinajstić information content (AvgIpc) is 3.36. The van der Waals surface area contributed by atoms with E-state index in [-0.39, 0.29) is 12.5 Å². The molecule has 1 saturated heterocycles. The van der Waals surface area contributed by atoms with Crippen molar-refractivity contribution in [1.29, 1.82) is 0 Å². The number of allylic oxidation sites excluding steroid dienone is 1. The third-order valence-electron chi connectivity index (χ3n) is 6.80. The molecule has 8 nitrogen and oxygen atoms in total. The number of halogens is 1. The van der Waals surface area contributed by atoms with E-state index >= 15 is 0 Å². The summed E-state index contributed by atoms with van der Waals surface area (Å²) < 4.78 is 25.3. The number of amides is 1. The third-order valence-corrected chi connectivity index (χ3v) is 6.80. The molecule has 2 aromatic rings. The van der Waals surface area contributed by atoms with E-state index in [1.807, 2.05) is 32.2 Å². The Kier molecular flexibility index (Phi) is 6.79. The van der Waals surface area contributed by atoms with Crippen LogP contribution in [0.4, 0.5) is 15.9 Å². The van der Waals surface area contributed by atoms with Crippen LogP contribution in [-0.4, -0.2) is 79.0 Å². The Labute approximate surface area is 210 Å². The first kappa shape index (κ1) is 24.4. The fraction of sp³-hybridized carbons (Fsp3) is 0.407. The van der Waals surface area contributed by atoms with Gasteiger partial charge in [-0.2, -0.15) is 0 Å². The van der Waals surface area contributed by atoms with Gasteiger partial charge in [0.2, 0.25) is 0 Å². The number of carbonyl (C=O) groups is 1. The molecule has 3 aliphatic heterocycles. The minimum Gasteiger partial charge on any atom is -0.482 e. The Morgan fingerprint density at radius 3 is 2.75 bits per heavy atom. The van der Waals surface area contributed by atoms with Gasteiger partial charge in [0.25, 0.3) is 5.91 Å². The van der Waals surface area contributed by atoms with Crippen LogP contribution in [0.15, 0.2) is 48.4 Å². The smallest absolute Gasteiger partial charge is 0.260 e. The fourth-order valence-corrected chi connectivity index (χ4v) is 4.93. The molecular formula is C27H31FN4O4. The molecule has 0 saturated carbocycles. The molecular weight excluding hydrogens is 463 g/mol. The number of aliphatic hydroxyl groups excluding tert-OH is 1. The van der Waals surface area contributed by atoms with E-state index < -0.39 is 11.4 Å². The Hall–Kier alpha value is -3.27. The van der Waals surface area contributed by atoms with Gasteiger partial charge < -0.3 is 24.8 Å². The van der Waals surface area contributed by atoms with Crippen molar-refractivity contribution in [2.45, 2.75) is 19.4 Å². The number of rotatable bonds is 7. The van der Waals surface area contributed by atoms with Gasteiger partial charge in [0.05, 0.1) is 31.1 Å². The van der Waals surface area contributed by atoms with Crippen LogP contribution in [0, 0.1) is 5.82 Å². The summed E-state index contributed by atoms with van der Waals surface area (Å²) >= 11 is 0. The summed E-state index contributed by atoms with van der Waals surface area (Å²) in [4.78, 5) is 22.0. The lowest BCUT2D eigenvalue weighted by Gasteiger charge is -2.35. The zero-order chi connectivity index (χ0) is 25.3. The number of pyridine rings is 1. The fourth-order valence-electron chi connectivity index (χ4n) is 4.93. The monoisotopic (exact) mass is 494 g/mol. The third kappa shape index (κ3) is 4.86. The molecule has 5 rings (SSSR count). The zero-order valence-electron chi connectivity index (χ0n) is 20.6. The maximum absolute atomic E-state index is 13.7. The van der Waals surface area contributed by atoms with Crippen LogP contribution in [0.2, 0.25) is 0 Å². The summed E-state index contributed by atoms with van der Waals surface area (Å²) in [6, 6.07) is 8.31. The van der Waals surface area contributed by atoms with E-state index in [0.717, 1.165) is 49.7 Å². The number of fused-ring (bicyclic) bond motifs is 1. The van der Waals surface area contributed by atoms with Crippen LogP contribution < -0.4 is 10.2 Å². The minimum atomic E-state index is -0.655. The Bertz CT molecular complexity index is 1220. The standard InChI is InChI=1S/C27H31FN4O4/c1-27(2)21(17-23(36-27)25-20-4-3-19(28)16-22(20)30-26(25)34)18-5-6-29-24(15-18)32-9-7-31(8-10-32)11-13-35-14-12-33/h3-6,15-17,33H,7-14H2,1-2H3,(H,30,34). The predicted octanol–water partition coefficient (Wildman–Crippen LogP) is 2.91. The van der Waals surface area contributed by atoms with Crippen LogP contribution in [0.25, 0.3) is 11.1 Å². The molecule has 0 bridgehead atoms. The Balaban J connectivity index is 1.35. The Morgan fingerprint density at radius 1 is 1.17 bits per heavy atom. The van der Waals surface area contributed by atoms with Crippen molar-refractivity contribution in [3.63, 3.8) is 0 Å². The van der Waals surface area contributed by atoms with Crippen LogP contribution in [0.5, 0.6) is 0 Å². The number of benzene rings is 1. The SMILES string of the molecule is CC1(C)OC(=C2C(=O)Nc3cc(F)ccc32)C=C1c1ccnc(N2CCN(CCOCCO)CC2)c1. The molecule has 9 heteroatoms. The molecule has 0 aliphatic carbocycles. The molecule has 4 heterocycles. The van der Waals surface area contributed by atoms with Crippen molar-refractivity contribution in [3.05, 3.63) is 65.3 Å². The minimum absolute atomic E-state index is 0.0487. The van der Waals surface area contributed by atoms with Crippen LogP contribution in [0.3, 0.4) is 0 Å². The molecule has 0 spiro atoms. The summed E-state index contributed by atoms with van der Waals surface area (Å²) in [6.45, 7) is 9.39. The summed E-state index contributed by atoms with van der Waals surface area (Å²) in [7, 11) is 0. The van der Waals surface area contributed by atoms with Gasteiger partial charge in [0, 0.05) is 50.1 Å². The van der Waals surface area contributed by atoms with E-state index in [4.69, 9.17) is 14.6 Å². The van der Waals surface area contributed by atoms with Crippen LogP contribution >= 0.6 is 0 Å². The van der Waals surface area contributed by atoms with Gasteiger partial charge in [0.1, 0.15) is 23.0 Å². The van der Waals surface area contributed by atoms with E-state index in [1.165, 1.54) is 12.1 Å². The summed E-state index contributed by atoms with van der Waals surface area (Å²) in [6.07, 6.45) is 3.72. The van der Waals surface area contributed by atoms with E-state index in [0.29, 0.717) is 35.8 Å². The molecule has 36 heavy (non-hydrogen) atoms. The molecule has 1 amide bonds. The molecule has 1 aromatic heterocycles. The lowest BCUT2D eigenvalue weighted by molar-refractivity contribution is -0.111. The Morgan fingerprint density at radius 2 is 1.97 bits per heavy atom. The predicted molar refractivity (Wildman–Crippen MR) is 136 cm³/mol. The quantitative estimate of drug-likeness (QED) is 0.452. The van der Waals surface area contributed by atoms with Crippen LogP contribution in [-0.2, 0) is 14.3 Å². The molecule has 0 unspecified atom stereocenters. The maximum atomic E-state index is 13.7. The highest BCUT2D eigenvalue weighted by atomic mass is 19.1. The van der Waals surface area contributed by atoms with Crippen molar-refractivity contribution in [3.8, 4) is 0 Å². The highest BCUT2D eigenvalue weighted by Crippen LogP contribution is 2.44. The van der Waals surface area contributed by atoms with Crippen LogP contribution in [0.1, 0.15) is 25.0 Å². The number of carbonyl (C=O) groups excluding carboxylic acids is 1. The summed E-state index contributed by atoms with van der Waals surface area (Å²) in [5.74, 6) is 0.687. The first-order valence-electron chi connectivity index (χ1n) is 12.2. The molecule has 1 fully saturated rings. The molecule has 1 aromatic carbocycles. The molecule has 0 atom stereocenters. The lowest BCUT2D eigenvalue weighted by Crippen LogP contribution is -2.47. The van der Waals surface area contributed by atoms with Gasteiger partial charge >= 0.3 is 0 Å². The maximum Gasteiger partial charge on any atom is 0.260 e. The second-order valence-electron chi connectivity index (χ2n) is 9.62. The normalized spacial score (nSPS) is 21.3. The van der Waals surface area contributed by atoms with Gasteiger partial charge in [-0.05, 0) is 55.8 Å². The van der Waals surface area contributed by atoms with Gasteiger partial charge in [-0.3, -0.25) is 9.69 Å². The van der Waals surface area contributed by atoms with Gasteiger partial charge in [-0.25, -0.2) is 9.37 Å². The largest absolute Gasteiger partial charge is 0.482 e. The topological polar surface area (TPSA) is 87.2 Å². The second kappa shape index (κ2) is 10.0. The highest BCUT2D eigenvalue weighted by Gasteiger charge is 2.38. The van der Waals surface area contributed by atoms with Gasteiger partial charge in [0.15, 0.2) is 0 Å². The first-order valence-corrected chi connectivity index (χ1v) is 12.2.